The zero-order valence-corrected chi connectivity index (χ0v) is 22.2. The number of anilines is 6. The van der Waals surface area contributed by atoms with Crippen LogP contribution in [0.1, 0.15) is 12.8 Å². The lowest BCUT2D eigenvalue weighted by molar-refractivity contribution is 0.311. The number of nitrogens with zero attached hydrogens (tertiary/aromatic N) is 5. The molecule has 0 amide bonds. The van der Waals surface area contributed by atoms with Crippen molar-refractivity contribution < 1.29 is 13.2 Å². The van der Waals surface area contributed by atoms with E-state index < -0.39 is 10.0 Å². The number of pyridine rings is 1. The molecular formula is C24H29ClN8O3S. The summed E-state index contributed by atoms with van der Waals surface area (Å²) >= 11 is 6.37. The smallest absolute Gasteiger partial charge is 0.239 e. The van der Waals surface area contributed by atoms with Crippen molar-refractivity contribution in [1.82, 2.24) is 19.9 Å². The maximum Gasteiger partial charge on any atom is 0.239 e. The highest BCUT2D eigenvalue weighted by molar-refractivity contribution is 7.93. The molecule has 3 N–H and O–H groups in total. The summed E-state index contributed by atoms with van der Waals surface area (Å²) in [6, 6.07) is 10.8. The van der Waals surface area contributed by atoms with Gasteiger partial charge in [0.2, 0.25) is 21.9 Å². The van der Waals surface area contributed by atoms with Gasteiger partial charge in [0.05, 0.1) is 29.9 Å². The van der Waals surface area contributed by atoms with Crippen LogP contribution >= 0.6 is 11.6 Å². The number of ether oxygens (including phenoxy) is 1. The van der Waals surface area contributed by atoms with Gasteiger partial charge in [-0.25, -0.2) is 13.4 Å². The van der Waals surface area contributed by atoms with E-state index in [2.05, 4.69) is 47.2 Å². The SMILES string of the molecule is COc1nc(N2CCN(C)CC2)ccc1Nc1ncc(Cl)c(Nc2ccccc2NS(=O)(=O)C2CC2)n1. The third kappa shape index (κ3) is 5.97. The Morgan fingerprint density at radius 2 is 1.70 bits per heavy atom. The van der Waals surface area contributed by atoms with E-state index in [4.69, 9.17) is 16.3 Å². The zero-order chi connectivity index (χ0) is 26.0. The van der Waals surface area contributed by atoms with Crippen LogP contribution in [0.4, 0.5) is 34.6 Å². The van der Waals surface area contributed by atoms with Crippen molar-refractivity contribution in [3.63, 3.8) is 0 Å². The Balaban J connectivity index is 1.34. The molecule has 0 radical (unpaired) electrons. The summed E-state index contributed by atoms with van der Waals surface area (Å²) in [6.07, 6.45) is 2.81. The van der Waals surface area contributed by atoms with Crippen LogP contribution in [0.15, 0.2) is 42.6 Å². The Morgan fingerprint density at radius 3 is 2.41 bits per heavy atom. The van der Waals surface area contributed by atoms with Crippen LogP contribution in [0.3, 0.4) is 0 Å². The van der Waals surface area contributed by atoms with E-state index in [-0.39, 0.29) is 16.2 Å². The van der Waals surface area contributed by atoms with E-state index in [1.54, 1.807) is 31.4 Å². The molecule has 1 aromatic carbocycles. The Kier molecular flexibility index (Phi) is 7.22. The fourth-order valence-corrected chi connectivity index (χ4v) is 5.50. The number of para-hydroxylation sites is 2. The molecule has 2 fully saturated rings. The van der Waals surface area contributed by atoms with Crippen molar-refractivity contribution in [2.75, 3.05) is 60.6 Å². The first-order valence-electron chi connectivity index (χ1n) is 12.0. The van der Waals surface area contributed by atoms with Crippen molar-refractivity contribution in [1.29, 1.82) is 0 Å². The van der Waals surface area contributed by atoms with E-state index in [1.807, 2.05) is 12.1 Å². The first-order valence-corrected chi connectivity index (χ1v) is 13.9. The van der Waals surface area contributed by atoms with E-state index in [9.17, 15) is 8.42 Å². The van der Waals surface area contributed by atoms with Gasteiger partial charge in [0.1, 0.15) is 16.5 Å². The molecule has 0 spiro atoms. The number of hydrogen-bond donors (Lipinski definition) is 3. The first kappa shape index (κ1) is 25.3. The van der Waals surface area contributed by atoms with Crippen molar-refractivity contribution in [2.45, 2.75) is 18.1 Å². The minimum Gasteiger partial charge on any atom is -0.479 e. The number of nitrogens with one attached hydrogen (secondary N) is 3. The third-order valence-electron chi connectivity index (χ3n) is 6.25. The number of piperazine rings is 1. The van der Waals surface area contributed by atoms with E-state index in [0.717, 1.165) is 32.0 Å². The Labute approximate surface area is 221 Å². The average Bonchev–Trinajstić information content (AvgIpc) is 3.74. The van der Waals surface area contributed by atoms with Gasteiger partial charge in [-0.05, 0) is 44.2 Å². The number of sulfonamides is 1. The Bertz CT molecular complexity index is 1380. The van der Waals surface area contributed by atoms with Crippen LogP contribution in [-0.2, 0) is 10.0 Å². The quantitative estimate of drug-likeness (QED) is 0.367. The molecule has 0 atom stereocenters. The van der Waals surface area contributed by atoms with Crippen molar-refractivity contribution in [2.24, 2.45) is 0 Å². The molecule has 11 nitrogen and oxygen atoms in total. The third-order valence-corrected chi connectivity index (χ3v) is 8.38. The fourth-order valence-electron chi connectivity index (χ4n) is 3.95. The van der Waals surface area contributed by atoms with Gasteiger partial charge < -0.3 is 25.2 Å². The minimum atomic E-state index is -3.43. The molecule has 13 heteroatoms. The summed E-state index contributed by atoms with van der Waals surface area (Å²) in [5, 5.41) is 6.21. The van der Waals surface area contributed by atoms with Crippen molar-refractivity contribution in [3.05, 3.63) is 47.6 Å². The zero-order valence-electron chi connectivity index (χ0n) is 20.6. The normalized spacial score (nSPS) is 16.4. The number of halogens is 1. The van der Waals surface area contributed by atoms with Gasteiger partial charge in [0.25, 0.3) is 0 Å². The largest absolute Gasteiger partial charge is 0.479 e. The highest BCUT2D eigenvalue weighted by Gasteiger charge is 2.36. The average molecular weight is 545 g/mol. The lowest BCUT2D eigenvalue weighted by Gasteiger charge is -2.33. The standard InChI is InChI=1S/C24H29ClN8O3S/c1-32-11-13-33(14-12-32)21-10-9-20(23(29-21)36-2)28-24-26-15-17(25)22(30-24)27-18-5-3-4-6-19(18)31-37(34,35)16-7-8-16/h3-6,9-10,15-16,31H,7-8,11-14H2,1-2H3,(H2,26,27,28,30). The second-order valence-electron chi connectivity index (χ2n) is 9.05. The number of rotatable bonds is 9. The van der Waals surface area contributed by atoms with Crippen LogP contribution in [0.2, 0.25) is 5.02 Å². The van der Waals surface area contributed by atoms with Crippen LogP contribution in [-0.4, -0.2) is 73.9 Å². The maximum absolute atomic E-state index is 12.5. The van der Waals surface area contributed by atoms with Crippen molar-refractivity contribution >= 4 is 56.3 Å². The summed E-state index contributed by atoms with van der Waals surface area (Å²) in [4.78, 5) is 18.0. The van der Waals surface area contributed by atoms with Crippen LogP contribution in [0.5, 0.6) is 5.88 Å². The number of aromatic nitrogens is 3. The molecule has 5 rings (SSSR count). The van der Waals surface area contributed by atoms with Gasteiger partial charge in [-0.1, -0.05) is 23.7 Å². The molecule has 196 valence electrons. The van der Waals surface area contributed by atoms with E-state index in [1.165, 1.54) is 6.20 Å². The van der Waals surface area contributed by atoms with Crippen LogP contribution < -0.4 is 25.0 Å². The lowest BCUT2D eigenvalue weighted by atomic mass is 10.2. The van der Waals surface area contributed by atoms with Gasteiger partial charge in [0.15, 0.2) is 5.82 Å². The Hall–Kier alpha value is -3.35. The molecular weight excluding hydrogens is 516 g/mol. The summed E-state index contributed by atoms with van der Waals surface area (Å²) in [5.41, 5.74) is 1.55. The number of methoxy groups -OCH3 is 1. The molecule has 3 heterocycles. The van der Waals surface area contributed by atoms with E-state index in [0.29, 0.717) is 41.6 Å². The van der Waals surface area contributed by atoms with E-state index >= 15 is 0 Å². The molecule has 3 aromatic rings. The summed E-state index contributed by atoms with van der Waals surface area (Å²) in [7, 11) is 0.245. The highest BCUT2D eigenvalue weighted by atomic mass is 35.5. The number of likely N-dealkylation sites (N-methyl/N-ethyl adjacent to an activating group) is 1. The van der Waals surface area contributed by atoms with Gasteiger partial charge in [-0.3, -0.25) is 4.72 Å². The van der Waals surface area contributed by atoms with Gasteiger partial charge in [0, 0.05) is 26.2 Å². The first-order chi connectivity index (χ1) is 17.8. The second kappa shape index (κ2) is 10.6. The van der Waals surface area contributed by atoms with Crippen molar-refractivity contribution in [3.8, 4) is 5.88 Å². The molecule has 1 saturated carbocycles. The lowest BCUT2D eigenvalue weighted by Crippen LogP contribution is -2.44. The maximum atomic E-state index is 12.5. The Morgan fingerprint density at radius 1 is 0.973 bits per heavy atom. The molecule has 0 unspecified atom stereocenters. The monoisotopic (exact) mass is 544 g/mol. The second-order valence-corrected chi connectivity index (χ2v) is 11.4. The minimum absolute atomic E-state index is 0.274. The van der Waals surface area contributed by atoms with Gasteiger partial charge in [-0.15, -0.1) is 0 Å². The van der Waals surface area contributed by atoms with Crippen LogP contribution in [0, 0.1) is 0 Å². The topological polar surface area (TPSA) is 125 Å². The predicted octanol–water partition coefficient (Wildman–Crippen LogP) is 3.68. The molecule has 1 aliphatic heterocycles. The summed E-state index contributed by atoms with van der Waals surface area (Å²) in [5.74, 6) is 1.86. The predicted molar refractivity (Wildman–Crippen MR) is 146 cm³/mol. The number of hydrogen-bond acceptors (Lipinski definition) is 10. The highest BCUT2D eigenvalue weighted by Crippen LogP contribution is 2.34. The summed E-state index contributed by atoms with van der Waals surface area (Å²) in [6.45, 7) is 3.74. The molecule has 0 bridgehead atoms. The fraction of sp³-hybridized carbons (Fsp3) is 0.375. The molecule has 2 aliphatic rings. The van der Waals surface area contributed by atoms with Gasteiger partial charge >= 0.3 is 0 Å². The summed E-state index contributed by atoms with van der Waals surface area (Å²) < 4.78 is 33.1. The molecule has 2 aromatic heterocycles. The molecule has 1 aliphatic carbocycles. The molecule has 1 saturated heterocycles. The van der Waals surface area contributed by atoms with Gasteiger partial charge in [-0.2, -0.15) is 9.97 Å². The van der Waals surface area contributed by atoms with Crippen LogP contribution in [0.25, 0.3) is 0 Å². The molecule has 37 heavy (non-hydrogen) atoms. The number of benzene rings is 1.